The van der Waals surface area contributed by atoms with Gasteiger partial charge in [0.05, 0.1) is 18.8 Å². The number of aryl methyl sites for hydroxylation is 1. The number of hydrogen-bond acceptors (Lipinski definition) is 5. The van der Waals surface area contributed by atoms with Crippen LogP contribution >= 0.6 is 0 Å². The molecule has 1 fully saturated rings. The number of carbonyl (C=O) groups is 2. The lowest BCUT2D eigenvalue weighted by Gasteiger charge is -2.38. The van der Waals surface area contributed by atoms with E-state index in [1.807, 2.05) is 54.3 Å². The number of aromatic nitrogens is 1. The van der Waals surface area contributed by atoms with Crippen molar-refractivity contribution < 1.29 is 14.4 Å². The van der Waals surface area contributed by atoms with Crippen molar-refractivity contribution in [2.75, 3.05) is 20.1 Å². The van der Waals surface area contributed by atoms with Crippen LogP contribution in [0.2, 0.25) is 0 Å². The third-order valence-corrected chi connectivity index (χ3v) is 5.68. The first kappa shape index (κ1) is 20.1. The minimum absolute atomic E-state index is 0.00952. The lowest BCUT2D eigenvalue weighted by Crippen LogP contribution is -2.51. The minimum atomic E-state index is -0.616. The summed E-state index contributed by atoms with van der Waals surface area (Å²) in [5, 5.41) is 4.12. The summed E-state index contributed by atoms with van der Waals surface area (Å²) < 4.78 is 0. The third kappa shape index (κ3) is 4.20. The molecule has 2 aliphatic heterocycles. The van der Waals surface area contributed by atoms with Gasteiger partial charge in [-0.25, -0.2) is 0 Å². The van der Waals surface area contributed by atoms with E-state index >= 15 is 0 Å². The molecule has 2 aromatic rings. The molecule has 1 unspecified atom stereocenters. The van der Waals surface area contributed by atoms with Crippen LogP contribution in [0, 0.1) is 6.92 Å². The first-order chi connectivity index (χ1) is 14.5. The van der Waals surface area contributed by atoms with Crippen molar-refractivity contribution in [1.82, 2.24) is 14.8 Å². The zero-order chi connectivity index (χ0) is 21.1. The van der Waals surface area contributed by atoms with Gasteiger partial charge in [-0.15, -0.1) is 0 Å². The summed E-state index contributed by atoms with van der Waals surface area (Å²) >= 11 is 0. The van der Waals surface area contributed by atoms with E-state index in [1.54, 1.807) is 18.1 Å². The van der Waals surface area contributed by atoms with Gasteiger partial charge in [-0.3, -0.25) is 14.6 Å². The van der Waals surface area contributed by atoms with Crippen molar-refractivity contribution >= 4 is 17.5 Å². The van der Waals surface area contributed by atoms with Crippen LogP contribution in [0.15, 0.2) is 53.8 Å². The fourth-order valence-corrected chi connectivity index (χ4v) is 4.03. The number of hydrogen-bond donors (Lipinski definition) is 0. The van der Waals surface area contributed by atoms with Crippen molar-refractivity contribution in [3.63, 3.8) is 0 Å². The highest BCUT2D eigenvalue weighted by molar-refractivity contribution is 6.39. The molecule has 1 spiro atoms. The summed E-state index contributed by atoms with van der Waals surface area (Å²) in [6.07, 6.45) is 3.71. The van der Waals surface area contributed by atoms with Crippen LogP contribution in [0.3, 0.4) is 0 Å². The molecule has 2 aliphatic rings. The lowest BCUT2D eigenvalue weighted by molar-refractivity contribution is -0.123. The average molecular weight is 406 g/mol. The van der Waals surface area contributed by atoms with Gasteiger partial charge in [-0.1, -0.05) is 28.9 Å². The van der Waals surface area contributed by atoms with Gasteiger partial charge in [0.2, 0.25) is 0 Å². The lowest BCUT2D eigenvalue weighted by atomic mass is 9.87. The van der Waals surface area contributed by atoms with Crippen LogP contribution in [0.5, 0.6) is 0 Å². The third-order valence-electron chi connectivity index (χ3n) is 5.68. The molecule has 0 saturated carbocycles. The Morgan fingerprint density at radius 2 is 2.00 bits per heavy atom. The summed E-state index contributed by atoms with van der Waals surface area (Å²) in [6.45, 7) is 3.52. The molecule has 1 saturated heterocycles. The Bertz CT molecular complexity index is 958. The SMILES string of the molecule is Cc1ccc(C(=O)N2CCCC3(CC(C(=O)N(C)Cc4ccccn4)=NO3)C2)cc1. The number of carbonyl (C=O) groups excluding carboxylic acids is 2. The molecule has 0 N–H and O–H groups in total. The minimum Gasteiger partial charge on any atom is -0.386 e. The second-order valence-corrected chi connectivity index (χ2v) is 8.17. The monoisotopic (exact) mass is 406 g/mol. The highest BCUT2D eigenvalue weighted by atomic mass is 16.7. The first-order valence-corrected chi connectivity index (χ1v) is 10.2. The van der Waals surface area contributed by atoms with E-state index in [-0.39, 0.29) is 11.8 Å². The Morgan fingerprint density at radius 3 is 2.73 bits per heavy atom. The Hall–Kier alpha value is -3.22. The van der Waals surface area contributed by atoms with Crippen molar-refractivity contribution in [2.45, 2.75) is 38.3 Å². The molecule has 156 valence electrons. The Labute approximate surface area is 176 Å². The second kappa shape index (κ2) is 8.26. The predicted octanol–water partition coefficient (Wildman–Crippen LogP) is 2.80. The van der Waals surface area contributed by atoms with Crippen molar-refractivity contribution in [2.24, 2.45) is 5.16 Å². The van der Waals surface area contributed by atoms with Crippen LogP contribution in [0.4, 0.5) is 0 Å². The van der Waals surface area contributed by atoms with Crippen LogP contribution in [-0.4, -0.2) is 58.0 Å². The van der Waals surface area contributed by atoms with Crippen molar-refractivity contribution in [1.29, 1.82) is 0 Å². The smallest absolute Gasteiger partial charge is 0.271 e. The number of amides is 2. The quantitative estimate of drug-likeness (QED) is 0.783. The molecule has 7 heteroatoms. The van der Waals surface area contributed by atoms with E-state index in [4.69, 9.17) is 4.84 Å². The number of nitrogens with zero attached hydrogens (tertiary/aromatic N) is 4. The van der Waals surface area contributed by atoms with Gasteiger partial charge in [-0.05, 0) is 44.0 Å². The molecule has 7 nitrogen and oxygen atoms in total. The molecule has 0 bridgehead atoms. The van der Waals surface area contributed by atoms with Crippen LogP contribution in [-0.2, 0) is 16.2 Å². The maximum atomic E-state index is 12.9. The zero-order valence-electron chi connectivity index (χ0n) is 17.4. The molecule has 0 radical (unpaired) electrons. The van der Waals surface area contributed by atoms with E-state index in [0.717, 1.165) is 24.1 Å². The van der Waals surface area contributed by atoms with Crippen molar-refractivity contribution in [3.8, 4) is 0 Å². The summed E-state index contributed by atoms with van der Waals surface area (Å²) in [7, 11) is 1.73. The highest BCUT2D eigenvalue weighted by Crippen LogP contribution is 2.34. The number of piperidine rings is 1. The average Bonchev–Trinajstić information content (AvgIpc) is 3.17. The summed E-state index contributed by atoms with van der Waals surface area (Å²) in [5.41, 5.74) is 2.39. The zero-order valence-corrected chi connectivity index (χ0v) is 17.4. The van der Waals surface area contributed by atoms with Crippen LogP contribution in [0.25, 0.3) is 0 Å². The molecule has 3 heterocycles. The van der Waals surface area contributed by atoms with Gasteiger partial charge in [0.1, 0.15) is 5.71 Å². The first-order valence-electron chi connectivity index (χ1n) is 10.2. The Morgan fingerprint density at radius 1 is 1.20 bits per heavy atom. The normalized spacial score (nSPS) is 20.6. The summed E-state index contributed by atoms with van der Waals surface area (Å²) in [5.74, 6) is -0.177. The number of oxime groups is 1. The molecule has 4 rings (SSSR count). The molecular formula is C23H26N4O3. The van der Waals surface area contributed by atoms with E-state index in [2.05, 4.69) is 10.1 Å². The largest absolute Gasteiger partial charge is 0.386 e. The number of likely N-dealkylation sites (tertiary alicyclic amines) is 1. The van der Waals surface area contributed by atoms with E-state index in [1.165, 1.54) is 0 Å². The van der Waals surface area contributed by atoms with Gasteiger partial charge in [-0.2, -0.15) is 0 Å². The fraction of sp³-hybridized carbons (Fsp3) is 0.391. The molecule has 1 aromatic carbocycles. The van der Waals surface area contributed by atoms with Gasteiger partial charge in [0.15, 0.2) is 5.60 Å². The second-order valence-electron chi connectivity index (χ2n) is 8.17. The van der Waals surface area contributed by atoms with Gasteiger partial charge >= 0.3 is 0 Å². The van der Waals surface area contributed by atoms with Crippen LogP contribution in [0.1, 0.15) is 40.9 Å². The Balaban J connectivity index is 1.39. The standard InChI is InChI=1S/C23H26N4O3/c1-17-7-9-18(10-8-17)21(28)27-13-5-11-23(16-27)14-20(25-30-23)22(29)26(2)15-19-6-3-4-12-24-19/h3-4,6-10,12H,5,11,13-16H2,1-2H3. The van der Waals surface area contributed by atoms with Crippen molar-refractivity contribution in [3.05, 3.63) is 65.5 Å². The topological polar surface area (TPSA) is 75.1 Å². The van der Waals surface area contributed by atoms with Gasteiger partial charge in [0.25, 0.3) is 11.8 Å². The van der Waals surface area contributed by atoms with Gasteiger partial charge < -0.3 is 14.6 Å². The summed E-state index contributed by atoms with van der Waals surface area (Å²) in [4.78, 5) is 39.2. The molecule has 0 aliphatic carbocycles. The predicted molar refractivity (Wildman–Crippen MR) is 113 cm³/mol. The van der Waals surface area contributed by atoms with Gasteiger partial charge in [0, 0.05) is 31.8 Å². The number of rotatable bonds is 4. The number of benzene rings is 1. The summed E-state index contributed by atoms with van der Waals surface area (Å²) in [6, 6.07) is 13.2. The fourth-order valence-electron chi connectivity index (χ4n) is 4.03. The molecule has 1 atom stereocenters. The Kier molecular flexibility index (Phi) is 5.53. The highest BCUT2D eigenvalue weighted by Gasteiger charge is 2.46. The maximum Gasteiger partial charge on any atom is 0.271 e. The molecule has 2 amide bonds. The van der Waals surface area contributed by atoms with Crippen LogP contribution < -0.4 is 0 Å². The molecule has 30 heavy (non-hydrogen) atoms. The molecular weight excluding hydrogens is 380 g/mol. The number of pyridine rings is 1. The maximum absolute atomic E-state index is 12.9. The van der Waals surface area contributed by atoms with E-state index in [0.29, 0.717) is 37.3 Å². The molecule has 1 aromatic heterocycles. The van der Waals surface area contributed by atoms with E-state index in [9.17, 15) is 9.59 Å². The van der Waals surface area contributed by atoms with E-state index < -0.39 is 5.60 Å².